The van der Waals surface area contributed by atoms with Crippen LogP contribution in [0.5, 0.6) is 0 Å². The van der Waals surface area contributed by atoms with Gasteiger partial charge >= 0.3 is 6.18 Å². The summed E-state index contributed by atoms with van der Waals surface area (Å²) >= 11 is 0. The molecule has 4 nitrogen and oxygen atoms in total. The third-order valence-electron chi connectivity index (χ3n) is 2.93. The van der Waals surface area contributed by atoms with Gasteiger partial charge in [-0.2, -0.15) is 18.3 Å². The van der Waals surface area contributed by atoms with Gasteiger partial charge in [-0.25, -0.2) is 4.68 Å². The molecule has 0 aliphatic rings. The summed E-state index contributed by atoms with van der Waals surface area (Å²) in [5.74, 6) is 0. The summed E-state index contributed by atoms with van der Waals surface area (Å²) in [4.78, 5) is 1.17. The number of aromatic nitrogens is 2. The van der Waals surface area contributed by atoms with Gasteiger partial charge in [0.2, 0.25) is 0 Å². The van der Waals surface area contributed by atoms with Gasteiger partial charge in [0.25, 0.3) is 0 Å². The van der Waals surface area contributed by atoms with Gasteiger partial charge in [0.15, 0.2) is 0 Å². The highest BCUT2D eigenvalue weighted by molar-refractivity contribution is 5.33. The quantitative estimate of drug-likeness (QED) is 0.889. The Morgan fingerprint density at radius 1 is 1.19 bits per heavy atom. The predicted molar refractivity (Wildman–Crippen MR) is 72.0 cm³/mol. The summed E-state index contributed by atoms with van der Waals surface area (Å²) < 4.78 is 39.0. The molecule has 114 valence electrons. The number of alkyl halides is 3. The maximum Gasteiger partial charge on any atom is 0.401 e. The lowest BCUT2D eigenvalue weighted by molar-refractivity contribution is -0.147. The third kappa shape index (κ3) is 4.87. The van der Waals surface area contributed by atoms with Gasteiger partial charge in [-0.3, -0.25) is 4.90 Å². The van der Waals surface area contributed by atoms with Crippen molar-refractivity contribution in [3.63, 3.8) is 0 Å². The van der Waals surface area contributed by atoms with Crippen molar-refractivity contribution < 1.29 is 18.3 Å². The Morgan fingerprint density at radius 3 is 2.43 bits per heavy atom. The van der Waals surface area contributed by atoms with E-state index in [-0.39, 0.29) is 19.7 Å². The maximum atomic E-state index is 12.4. The molecule has 0 saturated heterocycles. The number of nitrogens with zero attached hydrogens (tertiary/aromatic N) is 3. The van der Waals surface area contributed by atoms with Crippen LogP contribution in [0.25, 0.3) is 5.69 Å². The highest BCUT2D eigenvalue weighted by Crippen LogP contribution is 2.18. The van der Waals surface area contributed by atoms with Crippen molar-refractivity contribution >= 4 is 0 Å². The Kier molecular flexibility index (Phi) is 4.98. The van der Waals surface area contributed by atoms with Crippen molar-refractivity contribution in [3.8, 4) is 5.69 Å². The van der Waals surface area contributed by atoms with E-state index < -0.39 is 12.7 Å². The second-order valence-corrected chi connectivity index (χ2v) is 4.67. The smallest absolute Gasteiger partial charge is 0.395 e. The van der Waals surface area contributed by atoms with E-state index in [9.17, 15) is 13.2 Å². The van der Waals surface area contributed by atoms with E-state index in [1.54, 1.807) is 47.4 Å². The molecule has 0 spiro atoms. The average Bonchev–Trinajstić information content (AvgIpc) is 2.92. The van der Waals surface area contributed by atoms with Gasteiger partial charge in [-0.1, -0.05) is 12.1 Å². The number of hydrogen-bond acceptors (Lipinski definition) is 3. The molecule has 1 aromatic carbocycles. The minimum Gasteiger partial charge on any atom is -0.395 e. The molecule has 0 bridgehead atoms. The summed E-state index contributed by atoms with van der Waals surface area (Å²) in [6, 6.07) is 8.91. The molecule has 0 fully saturated rings. The molecule has 1 aromatic heterocycles. The molecule has 0 radical (unpaired) electrons. The van der Waals surface area contributed by atoms with Crippen LogP contribution in [0.4, 0.5) is 13.2 Å². The van der Waals surface area contributed by atoms with Crippen molar-refractivity contribution in [3.05, 3.63) is 48.3 Å². The molecular formula is C14H16F3N3O. The van der Waals surface area contributed by atoms with Crippen LogP contribution >= 0.6 is 0 Å². The number of hydrogen-bond donors (Lipinski definition) is 1. The zero-order valence-electron chi connectivity index (χ0n) is 11.3. The van der Waals surface area contributed by atoms with Crippen LogP contribution in [0.3, 0.4) is 0 Å². The summed E-state index contributed by atoms with van der Waals surface area (Å²) in [7, 11) is 0. The Labute approximate surface area is 120 Å². The first kappa shape index (κ1) is 15.5. The van der Waals surface area contributed by atoms with Gasteiger partial charge in [0, 0.05) is 25.5 Å². The third-order valence-corrected chi connectivity index (χ3v) is 2.93. The molecule has 0 aliphatic heterocycles. The lowest BCUT2D eigenvalue weighted by Gasteiger charge is -2.22. The van der Waals surface area contributed by atoms with Gasteiger partial charge in [0.1, 0.15) is 0 Å². The number of aliphatic hydroxyl groups is 1. The minimum atomic E-state index is -4.27. The second-order valence-electron chi connectivity index (χ2n) is 4.67. The van der Waals surface area contributed by atoms with Crippen molar-refractivity contribution in [2.75, 3.05) is 19.7 Å². The molecule has 2 rings (SSSR count). The van der Waals surface area contributed by atoms with Crippen LogP contribution in [0, 0.1) is 0 Å². The predicted octanol–water partition coefficient (Wildman–Crippen LogP) is 2.23. The summed E-state index contributed by atoms with van der Waals surface area (Å²) in [5.41, 5.74) is 1.59. The summed E-state index contributed by atoms with van der Waals surface area (Å²) in [5, 5.41) is 12.9. The van der Waals surface area contributed by atoms with Crippen molar-refractivity contribution in [1.82, 2.24) is 14.7 Å². The summed E-state index contributed by atoms with van der Waals surface area (Å²) in [6.07, 6.45) is -0.832. The molecule has 7 heteroatoms. The first-order valence-corrected chi connectivity index (χ1v) is 6.47. The van der Waals surface area contributed by atoms with Gasteiger partial charge in [-0.15, -0.1) is 0 Å². The molecule has 0 atom stereocenters. The van der Waals surface area contributed by atoms with E-state index in [4.69, 9.17) is 5.11 Å². The minimum absolute atomic E-state index is 0.0135. The zero-order chi connectivity index (χ0) is 15.3. The maximum absolute atomic E-state index is 12.4. The number of aliphatic hydroxyl groups excluding tert-OH is 1. The van der Waals surface area contributed by atoms with Gasteiger partial charge < -0.3 is 5.11 Å². The Bertz CT molecular complexity index is 538. The molecular weight excluding hydrogens is 283 g/mol. The molecule has 2 aromatic rings. The van der Waals surface area contributed by atoms with Crippen LogP contribution in [-0.2, 0) is 6.54 Å². The fraction of sp³-hybridized carbons (Fsp3) is 0.357. The SMILES string of the molecule is OCCN(Cc1ccc(-n2cccn2)cc1)CC(F)(F)F. The first-order valence-electron chi connectivity index (χ1n) is 6.47. The van der Waals surface area contributed by atoms with Crippen LogP contribution in [0.15, 0.2) is 42.7 Å². The largest absolute Gasteiger partial charge is 0.401 e. The normalized spacial score (nSPS) is 12.0. The fourth-order valence-electron chi connectivity index (χ4n) is 2.04. The van der Waals surface area contributed by atoms with E-state index in [2.05, 4.69) is 5.10 Å². The Balaban J connectivity index is 2.03. The summed E-state index contributed by atoms with van der Waals surface area (Å²) in [6.45, 7) is -1.21. The second kappa shape index (κ2) is 6.73. The lowest BCUT2D eigenvalue weighted by Crippen LogP contribution is -2.35. The van der Waals surface area contributed by atoms with E-state index >= 15 is 0 Å². The van der Waals surface area contributed by atoms with Gasteiger partial charge in [0.05, 0.1) is 18.8 Å². The fourth-order valence-corrected chi connectivity index (χ4v) is 2.04. The number of halogens is 3. The molecule has 0 amide bonds. The Morgan fingerprint density at radius 2 is 1.90 bits per heavy atom. The lowest BCUT2D eigenvalue weighted by atomic mass is 10.2. The topological polar surface area (TPSA) is 41.3 Å². The first-order chi connectivity index (χ1) is 9.98. The number of rotatable bonds is 6. The van der Waals surface area contributed by atoms with E-state index in [1.807, 2.05) is 0 Å². The highest BCUT2D eigenvalue weighted by Gasteiger charge is 2.30. The van der Waals surface area contributed by atoms with Crippen molar-refractivity contribution in [2.45, 2.75) is 12.7 Å². The van der Waals surface area contributed by atoms with E-state index in [0.717, 1.165) is 11.3 Å². The highest BCUT2D eigenvalue weighted by atomic mass is 19.4. The molecule has 1 N–H and O–H groups in total. The molecule has 21 heavy (non-hydrogen) atoms. The molecule has 0 unspecified atom stereocenters. The molecule has 1 heterocycles. The monoisotopic (exact) mass is 299 g/mol. The van der Waals surface area contributed by atoms with Crippen LogP contribution in [0.1, 0.15) is 5.56 Å². The number of benzene rings is 1. The zero-order valence-corrected chi connectivity index (χ0v) is 11.3. The average molecular weight is 299 g/mol. The van der Waals surface area contributed by atoms with Crippen LogP contribution in [0.2, 0.25) is 0 Å². The standard InChI is InChI=1S/C14H16F3N3O/c15-14(16,17)11-19(8-9-21)10-12-2-4-13(5-3-12)20-7-1-6-18-20/h1-7,21H,8-11H2. The van der Waals surface area contributed by atoms with Gasteiger partial charge in [-0.05, 0) is 23.8 Å². The van der Waals surface area contributed by atoms with E-state index in [1.165, 1.54) is 4.90 Å². The van der Waals surface area contributed by atoms with Crippen LogP contribution in [-0.4, -0.2) is 45.7 Å². The molecule has 0 aliphatic carbocycles. The van der Waals surface area contributed by atoms with Crippen LogP contribution < -0.4 is 0 Å². The molecule has 0 saturated carbocycles. The Hall–Kier alpha value is -1.86. The van der Waals surface area contributed by atoms with E-state index in [0.29, 0.717) is 0 Å². The van der Waals surface area contributed by atoms with Crippen molar-refractivity contribution in [1.29, 1.82) is 0 Å². The van der Waals surface area contributed by atoms with Crippen molar-refractivity contribution in [2.24, 2.45) is 0 Å².